The van der Waals surface area contributed by atoms with E-state index < -0.39 is 34.3 Å². The number of hydrogen-bond donors (Lipinski definition) is 1. The zero-order valence-corrected chi connectivity index (χ0v) is 27.1. The maximum Gasteiger partial charge on any atom is 0.264 e. The maximum absolute atomic E-state index is 15.2. The highest BCUT2D eigenvalue weighted by Crippen LogP contribution is 2.27. The summed E-state index contributed by atoms with van der Waals surface area (Å²) < 4.78 is 44.1. The molecule has 4 aromatic carbocycles. The Morgan fingerprint density at radius 3 is 2.18 bits per heavy atom. The van der Waals surface area contributed by atoms with Crippen LogP contribution in [0.15, 0.2) is 108 Å². The molecular formula is C35H37ClFN3O4S. The van der Waals surface area contributed by atoms with Crippen LogP contribution in [0.25, 0.3) is 0 Å². The second-order valence-electron chi connectivity index (χ2n) is 11.0. The van der Waals surface area contributed by atoms with E-state index in [1.807, 2.05) is 51.1 Å². The van der Waals surface area contributed by atoms with Gasteiger partial charge in [-0.15, -0.1) is 0 Å². The van der Waals surface area contributed by atoms with E-state index in [9.17, 15) is 18.0 Å². The van der Waals surface area contributed by atoms with Gasteiger partial charge < -0.3 is 10.2 Å². The first-order valence-corrected chi connectivity index (χ1v) is 16.5. The van der Waals surface area contributed by atoms with Gasteiger partial charge in [0.15, 0.2) is 0 Å². The third kappa shape index (κ3) is 8.71. The van der Waals surface area contributed by atoms with E-state index in [4.69, 9.17) is 11.6 Å². The molecule has 0 heterocycles. The lowest BCUT2D eigenvalue weighted by Crippen LogP contribution is -2.54. The number of benzene rings is 4. The maximum atomic E-state index is 15.2. The molecule has 7 nitrogen and oxygen atoms in total. The Bertz CT molecular complexity index is 1720. The average Bonchev–Trinajstić information content (AvgIpc) is 3.02. The third-order valence-electron chi connectivity index (χ3n) is 7.52. The Hall–Kier alpha value is -4.21. The SMILES string of the molecule is CC[C@@H](C)NC(=O)[C@@H](Cc1ccccc1)N(Cc1cccc(Cl)c1)C(=O)CN(c1ccccc1F)S(=O)(=O)c1ccc(C)cc1. The molecule has 0 aliphatic carbocycles. The van der Waals surface area contributed by atoms with Crippen LogP contribution < -0.4 is 9.62 Å². The number of halogens is 2. The summed E-state index contributed by atoms with van der Waals surface area (Å²) in [7, 11) is -4.41. The number of sulfonamides is 1. The van der Waals surface area contributed by atoms with Gasteiger partial charge in [-0.05, 0) is 67.8 Å². The minimum atomic E-state index is -4.41. The fraction of sp³-hybridized carbons (Fsp3) is 0.257. The Balaban J connectivity index is 1.82. The van der Waals surface area contributed by atoms with Gasteiger partial charge in [-0.1, -0.05) is 90.8 Å². The number of para-hydroxylation sites is 1. The number of nitrogens with zero attached hydrogens (tertiary/aromatic N) is 2. The minimum Gasteiger partial charge on any atom is -0.352 e. The van der Waals surface area contributed by atoms with Gasteiger partial charge in [0, 0.05) is 24.0 Å². The highest BCUT2D eigenvalue weighted by molar-refractivity contribution is 7.92. The number of hydrogen-bond acceptors (Lipinski definition) is 4. The van der Waals surface area contributed by atoms with Crippen LogP contribution in [0.3, 0.4) is 0 Å². The molecule has 0 saturated carbocycles. The van der Waals surface area contributed by atoms with Gasteiger partial charge in [0.1, 0.15) is 18.4 Å². The van der Waals surface area contributed by atoms with Gasteiger partial charge in [-0.2, -0.15) is 0 Å². The average molecular weight is 650 g/mol. The van der Waals surface area contributed by atoms with Crippen LogP contribution in [0.2, 0.25) is 5.02 Å². The molecular weight excluding hydrogens is 613 g/mol. The van der Waals surface area contributed by atoms with Gasteiger partial charge in [-0.25, -0.2) is 12.8 Å². The van der Waals surface area contributed by atoms with Crippen LogP contribution >= 0.6 is 11.6 Å². The van der Waals surface area contributed by atoms with Gasteiger partial charge in [0.2, 0.25) is 11.8 Å². The topological polar surface area (TPSA) is 86.8 Å². The molecule has 0 spiro atoms. The molecule has 10 heteroatoms. The molecule has 0 radical (unpaired) electrons. The third-order valence-corrected chi connectivity index (χ3v) is 9.53. The molecule has 1 N–H and O–H groups in total. The molecule has 0 unspecified atom stereocenters. The molecule has 45 heavy (non-hydrogen) atoms. The first kappa shape index (κ1) is 33.7. The van der Waals surface area contributed by atoms with Crippen molar-refractivity contribution >= 4 is 39.1 Å². The molecule has 0 aliphatic heterocycles. The lowest BCUT2D eigenvalue weighted by Gasteiger charge is -2.34. The number of nitrogens with one attached hydrogen (secondary N) is 1. The zero-order chi connectivity index (χ0) is 32.6. The van der Waals surface area contributed by atoms with Crippen molar-refractivity contribution in [3.63, 3.8) is 0 Å². The Morgan fingerprint density at radius 2 is 1.53 bits per heavy atom. The summed E-state index contributed by atoms with van der Waals surface area (Å²) in [5.74, 6) is -1.88. The van der Waals surface area contributed by atoms with Gasteiger partial charge in [0.25, 0.3) is 10.0 Å². The highest BCUT2D eigenvalue weighted by Gasteiger charge is 2.35. The Morgan fingerprint density at radius 1 is 0.889 bits per heavy atom. The van der Waals surface area contributed by atoms with Crippen LogP contribution in [-0.4, -0.2) is 43.8 Å². The summed E-state index contributed by atoms with van der Waals surface area (Å²) in [5, 5.41) is 3.43. The Labute approximate surface area is 269 Å². The molecule has 0 fully saturated rings. The number of carbonyl (C=O) groups is 2. The van der Waals surface area contributed by atoms with Crippen LogP contribution in [-0.2, 0) is 32.6 Å². The van der Waals surface area contributed by atoms with E-state index >= 15 is 4.39 Å². The van der Waals surface area contributed by atoms with Crippen LogP contribution in [0.5, 0.6) is 0 Å². The van der Waals surface area contributed by atoms with Crippen molar-refractivity contribution in [3.8, 4) is 0 Å². The van der Waals surface area contributed by atoms with E-state index in [0.717, 1.165) is 21.5 Å². The molecule has 0 aromatic heterocycles. The largest absolute Gasteiger partial charge is 0.352 e. The number of carbonyl (C=O) groups excluding carboxylic acids is 2. The summed E-state index contributed by atoms with van der Waals surface area (Å²) in [6.07, 6.45) is 0.835. The van der Waals surface area contributed by atoms with Crippen molar-refractivity contribution < 1.29 is 22.4 Å². The molecule has 0 aliphatic rings. The quantitative estimate of drug-likeness (QED) is 0.178. The molecule has 4 rings (SSSR count). The second-order valence-corrected chi connectivity index (χ2v) is 13.2. The van der Waals surface area contributed by atoms with E-state index in [1.165, 1.54) is 35.2 Å². The second kappa shape index (κ2) is 15.2. The fourth-order valence-electron chi connectivity index (χ4n) is 4.83. The minimum absolute atomic E-state index is 0.0412. The fourth-order valence-corrected chi connectivity index (χ4v) is 6.47. The van der Waals surface area contributed by atoms with Crippen molar-refractivity contribution in [3.05, 3.63) is 131 Å². The lowest BCUT2D eigenvalue weighted by molar-refractivity contribution is -0.140. The number of amides is 2. The number of rotatable bonds is 13. The van der Waals surface area contributed by atoms with Gasteiger partial charge in [-0.3, -0.25) is 13.9 Å². The summed E-state index contributed by atoms with van der Waals surface area (Å²) in [6.45, 7) is 4.84. The summed E-state index contributed by atoms with van der Waals surface area (Å²) >= 11 is 6.28. The first-order chi connectivity index (χ1) is 21.5. The number of anilines is 1. The van der Waals surface area contributed by atoms with E-state index in [-0.39, 0.29) is 35.5 Å². The molecule has 2 amide bonds. The molecule has 4 aromatic rings. The summed E-state index contributed by atoms with van der Waals surface area (Å²) in [5.41, 5.74) is 2.01. The molecule has 236 valence electrons. The molecule has 0 saturated heterocycles. The Kier molecular flexibility index (Phi) is 11.4. The highest BCUT2D eigenvalue weighted by atomic mass is 35.5. The zero-order valence-electron chi connectivity index (χ0n) is 25.5. The van der Waals surface area contributed by atoms with Crippen molar-refractivity contribution in [1.82, 2.24) is 10.2 Å². The standard InChI is InChI=1S/C35H37ClFN3O4S/c1-4-26(3)38-35(42)33(22-27-11-6-5-7-12-27)39(23-28-13-10-14-29(36)21-28)34(41)24-40(32-16-9-8-15-31(32)37)45(43,44)30-19-17-25(2)18-20-30/h5-21,26,33H,4,22-24H2,1-3H3,(H,38,42)/t26-,33-/m1/s1. The summed E-state index contributed by atoms with van der Waals surface area (Å²) in [4.78, 5) is 29.6. The monoisotopic (exact) mass is 649 g/mol. The van der Waals surface area contributed by atoms with Crippen LogP contribution in [0, 0.1) is 12.7 Å². The van der Waals surface area contributed by atoms with E-state index in [0.29, 0.717) is 17.0 Å². The predicted octanol–water partition coefficient (Wildman–Crippen LogP) is 6.54. The van der Waals surface area contributed by atoms with Crippen molar-refractivity contribution in [2.75, 3.05) is 10.8 Å². The van der Waals surface area contributed by atoms with Crippen molar-refractivity contribution in [1.29, 1.82) is 0 Å². The van der Waals surface area contributed by atoms with E-state index in [1.54, 1.807) is 36.4 Å². The van der Waals surface area contributed by atoms with Gasteiger partial charge in [0.05, 0.1) is 10.6 Å². The van der Waals surface area contributed by atoms with Gasteiger partial charge >= 0.3 is 0 Å². The first-order valence-electron chi connectivity index (χ1n) is 14.7. The molecule has 2 atom stereocenters. The van der Waals surface area contributed by atoms with Crippen molar-refractivity contribution in [2.24, 2.45) is 0 Å². The van der Waals surface area contributed by atoms with E-state index in [2.05, 4.69) is 5.32 Å². The van der Waals surface area contributed by atoms with Crippen LogP contribution in [0.4, 0.5) is 10.1 Å². The van der Waals surface area contributed by atoms with Crippen molar-refractivity contribution in [2.45, 2.75) is 57.1 Å². The molecule has 0 bridgehead atoms. The lowest BCUT2D eigenvalue weighted by atomic mass is 10.0. The van der Waals surface area contributed by atoms with Crippen LogP contribution in [0.1, 0.15) is 37.0 Å². The smallest absolute Gasteiger partial charge is 0.264 e. The predicted molar refractivity (Wildman–Crippen MR) is 176 cm³/mol. The summed E-state index contributed by atoms with van der Waals surface area (Å²) in [6, 6.07) is 26.5. The number of aryl methyl sites for hydroxylation is 1. The normalized spacial score (nSPS) is 12.6.